The van der Waals surface area contributed by atoms with Crippen LogP contribution in [0.4, 0.5) is 18.9 Å². The molecule has 41 heavy (non-hydrogen) atoms. The van der Waals surface area contributed by atoms with Crippen molar-refractivity contribution >= 4 is 36.0 Å². The van der Waals surface area contributed by atoms with Gasteiger partial charge < -0.3 is 42.4 Å². The van der Waals surface area contributed by atoms with E-state index in [9.17, 15) is 32.6 Å². The Morgan fingerprint density at radius 3 is 2.32 bits per heavy atom. The quantitative estimate of drug-likeness (QED) is 0.171. The molecule has 0 saturated heterocycles. The van der Waals surface area contributed by atoms with E-state index in [1.807, 2.05) is 0 Å². The number of hydrogen-bond acceptors (Lipinski definition) is 8. The summed E-state index contributed by atoms with van der Waals surface area (Å²) in [6.07, 6.45) is -4.66. The van der Waals surface area contributed by atoms with Crippen molar-refractivity contribution in [2.45, 2.75) is 44.1 Å². The average Bonchev–Trinajstić information content (AvgIpc) is 3.30. The summed E-state index contributed by atoms with van der Waals surface area (Å²) in [5, 5.41) is 15.2. The van der Waals surface area contributed by atoms with Crippen LogP contribution in [0.5, 0.6) is 0 Å². The van der Waals surface area contributed by atoms with Gasteiger partial charge in [-0.05, 0) is 53.7 Å². The number of anilines is 1. The molecule has 11 nitrogen and oxygen atoms in total. The third-order valence-electron chi connectivity index (χ3n) is 6.59. The minimum absolute atomic E-state index is 0.0206. The molecule has 0 unspecified atom stereocenters. The molecule has 0 aromatic heterocycles. The monoisotopic (exact) mass is 578 g/mol. The van der Waals surface area contributed by atoms with Crippen molar-refractivity contribution in [3.05, 3.63) is 59.2 Å². The Kier molecular flexibility index (Phi) is 11.3. The molecule has 2 atom stereocenters. The van der Waals surface area contributed by atoms with Crippen molar-refractivity contribution in [1.82, 2.24) is 10.2 Å². The number of nitrogens with zero attached hydrogens (tertiary/aromatic N) is 1. The number of halogens is 3. The van der Waals surface area contributed by atoms with Gasteiger partial charge >= 0.3 is 13.3 Å². The summed E-state index contributed by atoms with van der Waals surface area (Å²) >= 11 is 0. The van der Waals surface area contributed by atoms with Crippen molar-refractivity contribution in [3.63, 3.8) is 0 Å². The number of rotatable bonds is 13. The topological polar surface area (TPSA) is 186 Å². The molecule has 0 bridgehead atoms. The standard InChI is InChI=1S/C26H34BF3N6O5/c28-26(29,30)18-5-1-16(2-6-18)3-8-22(25(39)34-19-7-4-17-15-41-27(40)20(17)13-19)35-24(38)21(33)14-23(37)36(11-9-31)12-10-32/h1-2,4-7,13,21-22,40H,3,8-12,14-15,31-33H2,(H,34,39)(H,35,38)/t21-,22+/m0/s1. The second-order valence-corrected chi connectivity index (χ2v) is 9.63. The SMILES string of the molecule is NCCN(CCN)C(=O)C[C@H](N)C(=O)N[C@H](CCc1ccc(C(F)(F)F)cc1)C(=O)Nc1ccc2c(c1)B(O)OC2. The Hall–Kier alpha value is -3.50. The van der Waals surface area contributed by atoms with Gasteiger partial charge in [-0.1, -0.05) is 18.2 Å². The summed E-state index contributed by atoms with van der Waals surface area (Å²) in [7, 11) is -1.13. The van der Waals surface area contributed by atoms with E-state index in [1.165, 1.54) is 17.0 Å². The summed E-state index contributed by atoms with van der Waals surface area (Å²) in [6, 6.07) is 6.90. The van der Waals surface area contributed by atoms with Crippen LogP contribution in [0.1, 0.15) is 29.5 Å². The lowest BCUT2D eigenvalue weighted by molar-refractivity contribution is -0.137. The molecule has 0 aliphatic carbocycles. The molecule has 2 aromatic carbocycles. The first-order valence-electron chi connectivity index (χ1n) is 13.1. The molecule has 0 saturated carbocycles. The van der Waals surface area contributed by atoms with Crippen LogP contribution in [0.25, 0.3) is 0 Å². The van der Waals surface area contributed by atoms with Crippen molar-refractivity contribution in [2.75, 3.05) is 31.5 Å². The predicted octanol–water partition coefficient (Wildman–Crippen LogP) is -0.557. The van der Waals surface area contributed by atoms with Gasteiger partial charge in [0.05, 0.1) is 24.6 Å². The largest absolute Gasteiger partial charge is 0.491 e. The molecule has 9 N–H and O–H groups in total. The van der Waals surface area contributed by atoms with Crippen LogP contribution in [0.3, 0.4) is 0 Å². The molecule has 2 aromatic rings. The molecule has 222 valence electrons. The van der Waals surface area contributed by atoms with E-state index >= 15 is 0 Å². The number of carbonyl (C=O) groups is 3. The van der Waals surface area contributed by atoms with Crippen molar-refractivity contribution < 1.29 is 37.2 Å². The number of alkyl halides is 3. The van der Waals surface area contributed by atoms with E-state index in [0.717, 1.165) is 17.7 Å². The van der Waals surface area contributed by atoms with Gasteiger partial charge in [-0.2, -0.15) is 13.2 Å². The highest BCUT2D eigenvalue weighted by Crippen LogP contribution is 2.29. The van der Waals surface area contributed by atoms with Gasteiger partial charge in [0.2, 0.25) is 17.7 Å². The molecule has 1 aliphatic heterocycles. The molecule has 3 rings (SSSR count). The fourth-order valence-electron chi connectivity index (χ4n) is 4.32. The highest BCUT2D eigenvalue weighted by atomic mass is 19.4. The van der Waals surface area contributed by atoms with E-state index < -0.39 is 48.7 Å². The Bertz CT molecular complexity index is 1210. The van der Waals surface area contributed by atoms with Crippen LogP contribution in [0, 0.1) is 0 Å². The number of fused-ring (bicyclic) bond motifs is 1. The fraction of sp³-hybridized carbons (Fsp3) is 0.423. The van der Waals surface area contributed by atoms with E-state index in [4.69, 9.17) is 21.9 Å². The Labute approximate surface area is 235 Å². The summed E-state index contributed by atoms with van der Waals surface area (Å²) in [5.74, 6) is -1.80. The van der Waals surface area contributed by atoms with Crippen molar-refractivity contribution in [2.24, 2.45) is 17.2 Å². The van der Waals surface area contributed by atoms with Gasteiger partial charge in [0.25, 0.3) is 0 Å². The summed E-state index contributed by atoms with van der Waals surface area (Å²) in [4.78, 5) is 40.2. The number of carbonyl (C=O) groups excluding carboxylic acids is 3. The maximum absolute atomic E-state index is 13.2. The minimum Gasteiger partial charge on any atom is -0.423 e. The molecule has 1 aliphatic rings. The van der Waals surface area contributed by atoms with Crippen LogP contribution < -0.4 is 33.3 Å². The molecule has 0 spiro atoms. The number of nitrogens with two attached hydrogens (primary N) is 3. The summed E-state index contributed by atoms with van der Waals surface area (Å²) in [5.41, 5.74) is 18.4. The zero-order valence-corrected chi connectivity index (χ0v) is 22.3. The van der Waals surface area contributed by atoms with Gasteiger partial charge in [0, 0.05) is 31.9 Å². The second-order valence-electron chi connectivity index (χ2n) is 9.63. The number of amides is 3. The number of aryl methyl sites for hydroxylation is 1. The van der Waals surface area contributed by atoms with Gasteiger partial charge in [-0.15, -0.1) is 0 Å². The van der Waals surface area contributed by atoms with Crippen LogP contribution >= 0.6 is 0 Å². The third-order valence-corrected chi connectivity index (χ3v) is 6.59. The Balaban J connectivity index is 1.72. The maximum atomic E-state index is 13.2. The third kappa shape index (κ3) is 9.00. The lowest BCUT2D eigenvalue weighted by Crippen LogP contribution is -2.52. The van der Waals surface area contributed by atoms with E-state index in [-0.39, 0.29) is 52.0 Å². The van der Waals surface area contributed by atoms with E-state index in [1.54, 1.807) is 18.2 Å². The zero-order valence-electron chi connectivity index (χ0n) is 22.3. The molecule has 1 heterocycles. The first-order valence-corrected chi connectivity index (χ1v) is 13.1. The lowest BCUT2D eigenvalue weighted by Gasteiger charge is -2.24. The number of hydrogen-bond donors (Lipinski definition) is 6. The molecular weight excluding hydrogens is 544 g/mol. The van der Waals surface area contributed by atoms with Gasteiger partial charge in [0.1, 0.15) is 6.04 Å². The fourth-order valence-corrected chi connectivity index (χ4v) is 4.32. The minimum atomic E-state index is -4.49. The lowest BCUT2D eigenvalue weighted by atomic mass is 9.79. The summed E-state index contributed by atoms with van der Waals surface area (Å²) < 4.78 is 43.9. The highest BCUT2D eigenvalue weighted by Gasteiger charge is 2.31. The molecular formula is C26H34BF3N6O5. The van der Waals surface area contributed by atoms with Gasteiger partial charge in [-0.3, -0.25) is 14.4 Å². The Morgan fingerprint density at radius 1 is 1.05 bits per heavy atom. The number of nitrogens with one attached hydrogen (secondary N) is 2. The van der Waals surface area contributed by atoms with Crippen molar-refractivity contribution in [1.29, 1.82) is 0 Å². The van der Waals surface area contributed by atoms with Crippen LogP contribution in [0.2, 0.25) is 0 Å². The second kappa shape index (κ2) is 14.4. The molecule has 0 radical (unpaired) electrons. The van der Waals surface area contributed by atoms with Gasteiger partial charge in [-0.25, -0.2) is 0 Å². The molecule has 3 amide bonds. The van der Waals surface area contributed by atoms with Crippen LogP contribution in [-0.4, -0.2) is 73.0 Å². The Morgan fingerprint density at radius 2 is 1.71 bits per heavy atom. The zero-order chi connectivity index (χ0) is 30.2. The van der Waals surface area contributed by atoms with Crippen LogP contribution in [0.15, 0.2) is 42.5 Å². The highest BCUT2D eigenvalue weighted by molar-refractivity contribution is 6.61. The van der Waals surface area contributed by atoms with Crippen LogP contribution in [-0.2, 0) is 38.2 Å². The number of benzene rings is 2. The normalized spacial score (nSPS) is 14.3. The predicted molar refractivity (Wildman–Crippen MR) is 146 cm³/mol. The first kappa shape index (κ1) is 32.0. The summed E-state index contributed by atoms with van der Waals surface area (Å²) in [6.45, 7) is 1.10. The van der Waals surface area contributed by atoms with Crippen molar-refractivity contribution in [3.8, 4) is 0 Å². The average molecular weight is 578 g/mol. The molecule has 0 fully saturated rings. The van der Waals surface area contributed by atoms with Gasteiger partial charge in [0.15, 0.2) is 0 Å². The maximum Gasteiger partial charge on any atom is 0.491 e. The van der Waals surface area contributed by atoms with E-state index in [2.05, 4.69) is 10.6 Å². The molecule has 15 heteroatoms. The van der Waals surface area contributed by atoms with E-state index in [0.29, 0.717) is 16.7 Å². The smallest absolute Gasteiger partial charge is 0.423 e. The first-order chi connectivity index (χ1) is 19.4.